The van der Waals surface area contributed by atoms with Gasteiger partial charge in [0.25, 0.3) is 0 Å². The summed E-state index contributed by atoms with van der Waals surface area (Å²) in [7, 11) is 0. The molecule has 0 heterocycles. The first-order chi connectivity index (χ1) is 16.0. The van der Waals surface area contributed by atoms with E-state index >= 15 is 0 Å². The summed E-state index contributed by atoms with van der Waals surface area (Å²) in [4.78, 5) is 0. The molecule has 4 aromatic rings. The second kappa shape index (κ2) is 14.9. The molecule has 0 saturated heterocycles. The van der Waals surface area contributed by atoms with Gasteiger partial charge in [0.05, 0.1) is 0 Å². The van der Waals surface area contributed by atoms with E-state index < -0.39 is 11.6 Å². The van der Waals surface area contributed by atoms with Crippen molar-refractivity contribution in [3.8, 4) is 0 Å². The normalized spacial score (nSPS) is 9.47. The highest BCUT2D eigenvalue weighted by Crippen LogP contribution is 2.08. The van der Waals surface area contributed by atoms with E-state index in [9.17, 15) is 17.6 Å². The predicted molar refractivity (Wildman–Crippen MR) is 134 cm³/mol. The second-order valence-corrected chi connectivity index (χ2v) is 8.20. The number of halogens is 5. The van der Waals surface area contributed by atoms with Crippen molar-refractivity contribution in [1.82, 2.24) is 0 Å². The molecule has 0 nitrogen and oxygen atoms in total. The topological polar surface area (TPSA) is 0 Å². The minimum atomic E-state index is -0.791. The minimum absolute atomic E-state index is 0.116. The van der Waals surface area contributed by atoms with Gasteiger partial charge in [0, 0.05) is 5.02 Å². The van der Waals surface area contributed by atoms with Gasteiger partial charge in [0.1, 0.15) is 11.6 Å². The molecule has 0 bridgehead atoms. The molecule has 0 N–H and O–H groups in total. The fourth-order valence-corrected chi connectivity index (χ4v) is 2.49. The molecule has 0 aromatic heterocycles. The van der Waals surface area contributed by atoms with Crippen LogP contribution < -0.4 is 0 Å². The number of hydrogen-bond donors (Lipinski definition) is 0. The third-order valence-corrected chi connectivity index (χ3v) is 4.68. The standard InChI is InChI=1S/C8H9F.C7H7Cl.C7H6F2.C7H7F/c1-6-3-4-7(2)8(9)5-6;1-6-2-4-7(8)5-3-6;1-5-2-3-6(8)7(9)4-5;1-6-2-4-7(8)5-3-6/h3-5H,1-2H3;2-5H,1H3;2-4H,1H3;2-5H,1H3. The SMILES string of the molecule is Cc1ccc(C)c(F)c1.Cc1ccc(Cl)cc1.Cc1ccc(F)c(F)c1.Cc1ccc(F)cc1. The lowest BCUT2D eigenvalue weighted by Gasteiger charge is -1.94. The summed E-state index contributed by atoms with van der Waals surface area (Å²) >= 11 is 5.61. The van der Waals surface area contributed by atoms with Crippen molar-refractivity contribution in [3.05, 3.63) is 141 Å². The van der Waals surface area contributed by atoms with Crippen molar-refractivity contribution < 1.29 is 17.6 Å². The molecule has 0 aliphatic heterocycles. The van der Waals surface area contributed by atoms with E-state index in [2.05, 4.69) is 0 Å². The summed E-state index contributed by atoms with van der Waals surface area (Å²) in [6, 6.07) is 23.2. The summed E-state index contributed by atoms with van der Waals surface area (Å²) in [5.74, 6) is -1.86. The van der Waals surface area contributed by atoms with Gasteiger partial charge in [-0.05, 0) is 93.8 Å². The maximum absolute atomic E-state index is 12.6. The lowest BCUT2D eigenvalue weighted by molar-refractivity contribution is 0.508. The van der Waals surface area contributed by atoms with Crippen LogP contribution in [0.3, 0.4) is 0 Å². The highest BCUT2D eigenvalue weighted by Gasteiger charge is 1.97. The van der Waals surface area contributed by atoms with Gasteiger partial charge in [-0.25, -0.2) is 17.6 Å². The van der Waals surface area contributed by atoms with Gasteiger partial charge in [0.2, 0.25) is 0 Å². The Morgan fingerprint density at radius 1 is 0.441 bits per heavy atom. The van der Waals surface area contributed by atoms with Crippen molar-refractivity contribution in [3.63, 3.8) is 0 Å². The molecule has 4 rings (SSSR count). The van der Waals surface area contributed by atoms with Crippen LogP contribution in [0.2, 0.25) is 5.02 Å². The highest BCUT2D eigenvalue weighted by atomic mass is 35.5. The van der Waals surface area contributed by atoms with Crippen LogP contribution in [0.25, 0.3) is 0 Å². The first-order valence-corrected chi connectivity index (χ1v) is 10.9. The number of aryl methyl sites for hydroxylation is 5. The Morgan fingerprint density at radius 2 is 0.853 bits per heavy atom. The van der Waals surface area contributed by atoms with Crippen molar-refractivity contribution in [2.45, 2.75) is 34.6 Å². The van der Waals surface area contributed by atoms with Gasteiger partial charge < -0.3 is 0 Å². The summed E-state index contributed by atoms with van der Waals surface area (Å²) in [5, 5.41) is 0.801. The fourth-order valence-electron chi connectivity index (χ4n) is 2.37. The molecule has 0 aliphatic carbocycles. The van der Waals surface area contributed by atoms with Crippen molar-refractivity contribution in [2.75, 3.05) is 0 Å². The molecule has 0 unspecified atom stereocenters. The molecule has 0 saturated carbocycles. The molecule has 34 heavy (non-hydrogen) atoms. The quantitative estimate of drug-likeness (QED) is 0.216. The fraction of sp³-hybridized carbons (Fsp3) is 0.172. The Morgan fingerprint density at radius 3 is 1.21 bits per heavy atom. The molecule has 4 aromatic carbocycles. The average Bonchev–Trinajstić information content (AvgIpc) is 2.79. The zero-order valence-corrected chi connectivity index (χ0v) is 20.7. The zero-order chi connectivity index (χ0) is 25.7. The van der Waals surface area contributed by atoms with Gasteiger partial charge in [-0.1, -0.05) is 65.2 Å². The van der Waals surface area contributed by atoms with Gasteiger partial charge >= 0.3 is 0 Å². The van der Waals surface area contributed by atoms with Gasteiger partial charge in [-0.2, -0.15) is 0 Å². The Kier molecular flexibility index (Phi) is 12.7. The first-order valence-electron chi connectivity index (χ1n) is 10.6. The summed E-state index contributed by atoms with van der Waals surface area (Å²) in [5.41, 5.74) is 4.74. The van der Waals surface area contributed by atoms with Crippen LogP contribution in [-0.4, -0.2) is 0 Å². The van der Waals surface area contributed by atoms with Crippen LogP contribution >= 0.6 is 11.6 Å². The molecule has 0 spiro atoms. The van der Waals surface area contributed by atoms with E-state index in [1.165, 1.54) is 29.8 Å². The van der Waals surface area contributed by atoms with Crippen LogP contribution in [0.4, 0.5) is 17.6 Å². The first kappa shape index (κ1) is 28.9. The molecule has 5 heteroatoms. The lowest BCUT2D eigenvalue weighted by atomic mass is 10.2. The van der Waals surface area contributed by atoms with Crippen molar-refractivity contribution in [2.24, 2.45) is 0 Å². The molecule has 0 amide bonds. The summed E-state index contributed by atoms with van der Waals surface area (Å²) in [6.45, 7) is 9.32. The van der Waals surface area contributed by atoms with E-state index in [1.807, 2.05) is 51.1 Å². The number of rotatable bonds is 0. The number of hydrogen-bond acceptors (Lipinski definition) is 0. The van der Waals surface area contributed by atoms with Crippen LogP contribution in [0.5, 0.6) is 0 Å². The minimum Gasteiger partial charge on any atom is -0.207 e. The van der Waals surface area contributed by atoms with Gasteiger partial charge in [-0.15, -0.1) is 0 Å². The zero-order valence-electron chi connectivity index (χ0n) is 20.0. The Labute approximate surface area is 204 Å². The summed E-state index contributed by atoms with van der Waals surface area (Å²) in [6.07, 6.45) is 0. The largest absolute Gasteiger partial charge is 0.207 e. The highest BCUT2D eigenvalue weighted by molar-refractivity contribution is 6.30. The van der Waals surface area contributed by atoms with E-state index in [0.29, 0.717) is 5.56 Å². The third-order valence-electron chi connectivity index (χ3n) is 4.42. The molecule has 180 valence electrons. The number of benzene rings is 4. The Hall–Kier alpha value is -3.11. The van der Waals surface area contributed by atoms with Crippen molar-refractivity contribution in [1.29, 1.82) is 0 Å². The van der Waals surface area contributed by atoms with Gasteiger partial charge in [-0.3, -0.25) is 0 Å². The molecule has 0 aliphatic rings. The maximum atomic E-state index is 12.6. The van der Waals surface area contributed by atoms with E-state index in [4.69, 9.17) is 11.6 Å². The van der Waals surface area contributed by atoms with Crippen LogP contribution in [0.1, 0.15) is 27.8 Å². The second-order valence-electron chi connectivity index (χ2n) is 7.76. The average molecular weight is 489 g/mol. The monoisotopic (exact) mass is 488 g/mol. The maximum Gasteiger partial charge on any atom is 0.159 e. The van der Waals surface area contributed by atoms with Crippen molar-refractivity contribution >= 4 is 11.6 Å². The molecule has 0 atom stereocenters. The van der Waals surface area contributed by atoms with E-state index in [1.54, 1.807) is 32.0 Å². The molecule has 0 fully saturated rings. The smallest absolute Gasteiger partial charge is 0.159 e. The Balaban J connectivity index is 0.000000227. The summed E-state index contributed by atoms with van der Waals surface area (Å²) < 4.78 is 49.0. The molecular formula is C29H29ClF4. The van der Waals surface area contributed by atoms with E-state index in [0.717, 1.165) is 33.8 Å². The van der Waals surface area contributed by atoms with Gasteiger partial charge in [0.15, 0.2) is 11.6 Å². The van der Waals surface area contributed by atoms with Crippen LogP contribution in [0, 0.1) is 57.9 Å². The van der Waals surface area contributed by atoms with Crippen LogP contribution in [0.15, 0.2) is 84.9 Å². The predicted octanol–water partition coefficient (Wildman–Crippen LogP) is 9.50. The van der Waals surface area contributed by atoms with Crippen LogP contribution in [-0.2, 0) is 0 Å². The third kappa shape index (κ3) is 12.2. The molecule has 0 radical (unpaired) electrons. The lowest BCUT2D eigenvalue weighted by Crippen LogP contribution is -1.82. The van der Waals surface area contributed by atoms with E-state index in [-0.39, 0.29) is 11.6 Å². The Bertz CT molecular complexity index is 1000. The molecular weight excluding hydrogens is 460 g/mol.